The van der Waals surface area contributed by atoms with Gasteiger partial charge in [-0.15, -0.1) is 0 Å². The Morgan fingerprint density at radius 1 is 1.22 bits per heavy atom. The van der Waals surface area contributed by atoms with Crippen molar-refractivity contribution in [1.82, 2.24) is 19.9 Å². The second kappa shape index (κ2) is 12.6. The molecule has 3 N–H and O–H groups in total. The molecular formula is C29H34Cl2N8O2. The van der Waals surface area contributed by atoms with Crippen LogP contribution in [0, 0.1) is 6.92 Å². The summed E-state index contributed by atoms with van der Waals surface area (Å²) in [7, 11) is 1.64. The summed E-state index contributed by atoms with van der Waals surface area (Å²) in [6.45, 7) is 7.27. The molecule has 216 valence electrons. The van der Waals surface area contributed by atoms with Gasteiger partial charge in [0, 0.05) is 55.8 Å². The van der Waals surface area contributed by atoms with Crippen molar-refractivity contribution < 1.29 is 9.84 Å². The molecule has 0 unspecified atom stereocenters. The zero-order valence-corrected chi connectivity index (χ0v) is 25.0. The van der Waals surface area contributed by atoms with Crippen molar-refractivity contribution in [3.63, 3.8) is 0 Å². The quantitative estimate of drug-likeness (QED) is 0.322. The minimum absolute atomic E-state index is 0.177. The Hall–Kier alpha value is -3.47. The van der Waals surface area contributed by atoms with Gasteiger partial charge in [-0.05, 0) is 38.0 Å². The standard InChI is InChI=1S/C29H34Cl2N8O2/c1-4-6-19(40)16-41-20-7-8-22(30)21(11-20)27-36-25(26(33-3)23(31)12-32)17(2)28(37-27)39-14-18-13-34-29(35-24(18)15-39)38-9-5-10-38/h7-8,11-13,19,40H,4-6,9-10,14-16,32H2,1-3H3/t19-/m1/s1. The lowest BCUT2D eigenvalue weighted by molar-refractivity contribution is 0.0994. The molecule has 0 spiro atoms. The third-order valence-corrected chi connectivity index (χ3v) is 7.90. The number of hydrogen-bond donors (Lipinski definition) is 2. The van der Waals surface area contributed by atoms with E-state index in [1.807, 2.05) is 20.0 Å². The van der Waals surface area contributed by atoms with Crippen molar-refractivity contribution in [2.45, 2.75) is 52.3 Å². The van der Waals surface area contributed by atoms with Gasteiger partial charge < -0.3 is 25.4 Å². The normalized spacial score (nSPS) is 16.0. The summed E-state index contributed by atoms with van der Waals surface area (Å²) < 4.78 is 5.87. The van der Waals surface area contributed by atoms with Gasteiger partial charge in [0.2, 0.25) is 5.95 Å². The van der Waals surface area contributed by atoms with Crippen LogP contribution in [0.3, 0.4) is 0 Å². The Bertz CT molecular complexity index is 1490. The van der Waals surface area contributed by atoms with Crippen molar-refractivity contribution in [2.24, 2.45) is 10.7 Å². The molecule has 1 saturated heterocycles. The maximum atomic E-state index is 10.1. The number of aliphatic hydroxyl groups excluding tert-OH is 1. The predicted molar refractivity (Wildman–Crippen MR) is 163 cm³/mol. The molecule has 0 saturated carbocycles. The SMILES string of the molecule is CCC[C@@H](O)COc1ccc(Cl)c(-c2nc(C(=NC)C(Cl)=CN)c(C)c(N3Cc4cnc(N5CCC5)nc4C3)n2)c1. The van der Waals surface area contributed by atoms with Gasteiger partial charge in [-0.3, -0.25) is 4.99 Å². The first-order valence-corrected chi connectivity index (χ1v) is 14.5. The van der Waals surface area contributed by atoms with Crippen molar-refractivity contribution in [3.8, 4) is 17.1 Å². The second-order valence-corrected chi connectivity index (χ2v) is 11.0. The van der Waals surface area contributed by atoms with Gasteiger partial charge in [0.05, 0.1) is 34.1 Å². The molecule has 1 aromatic carbocycles. The van der Waals surface area contributed by atoms with E-state index >= 15 is 0 Å². The number of ether oxygens (including phenoxy) is 1. The van der Waals surface area contributed by atoms with E-state index in [-0.39, 0.29) is 11.6 Å². The molecule has 0 aliphatic carbocycles. The van der Waals surface area contributed by atoms with E-state index in [1.54, 1.807) is 25.2 Å². The predicted octanol–water partition coefficient (Wildman–Crippen LogP) is 4.62. The van der Waals surface area contributed by atoms with Gasteiger partial charge in [-0.1, -0.05) is 36.5 Å². The Kier molecular flexibility index (Phi) is 8.91. The number of benzene rings is 1. The fourth-order valence-corrected chi connectivity index (χ4v) is 5.28. The van der Waals surface area contributed by atoms with E-state index in [0.29, 0.717) is 58.9 Å². The molecule has 4 heterocycles. The maximum Gasteiger partial charge on any atom is 0.225 e. The summed E-state index contributed by atoms with van der Waals surface area (Å²) in [5.74, 6) is 2.41. The first kappa shape index (κ1) is 29.0. The lowest BCUT2D eigenvalue weighted by Crippen LogP contribution is -2.38. The first-order chi connectivity index (χ1) is 19.8. The van der Waals surface area contributed by atoms with Crippen LogP contribution >= 0.6 is 23.2 Å². The van der Waals surface area contributed by atoms with Crippen molar-refractivity contribution >= 4 is 40.7 Å². The van der Waals surface area contributed by atoms with Crippen LogP contribution in [0.15, 0.2) is 40.6 Å². The summed E-state index contributed by atoms with van der Waals surface area (Å²) in [5, 5.41) is 10.9. The second-order valence-electron chi connectivity index (χ2n) is 10.2. The van der Waals surface area contributed by atoms with Crippen LogP contribution in [0.5, 0.6) is 5.75 Å². The van der Waals surface area contributed by atoms with E-state index < -0.39 is 6.10 Å². The number of halogens is 2. The number of rotatable bonds is 10. The number of aromatic nitrogens is 4. The summed E-state index contributed by atoms with van der Waals surface area (Å²) >= 11 is 13.2. The molecule has 2 aliphatic rings. The molecule has 1 atom stereocenters. The number of hydrogen-bond acceptors (Lipinski definition) is 10. The van der Waals surface area contributed by atoms with Gasteiger partial charge in [-0.2, -0.15) is 0 Å². The van der Waals surface area contributed by atoms with Crippen LogP contribution in [-0.2, 0) is 13.1 Å². The van der Waals surface area contributed by atoms with Crippen molar-refractivity contribution in [3.05, 3.63) is 63.2 Å². The summed E-state index contributed by atoms with van der Waals surface area (Å²) in [4.78, 5) is 28.0. The number of aliphatic hydroxyl groups is 1. The van der Waals surface area contributed by atoms with Crippen molar-refractivity contribution in [1.29, 1.82) is 0 Å². The van der Waals surface area contributed by atoms with Crippen LogP contribution in [0.1, 0.15) is 48.7 Å². The number of aliphatic imine (C=N–C) groups is 1. The molecule has 0 radical (unpaired) electrons. The Balaban J connectivity index is 1.55. The Morgan fingerprint density at radius 2 is 2.02 bits per heavy atom. The molecule has 0 amide bonds. The number of nitrogens with zero attached hydrogens (tertiary/aromatic N) is 7. The molecule has 10 nitrogen and oxygen atoms in total. The lowest BCUT2D eigenvalue weighted by Gasteiger charge is -2.30. The highest BCUT2D eigenvalue weighted by atomic mass is 35.5. The Morgan fingerprint density at radius 3 is 2.71 bits per heavy atom. The maximum absolute atomic E-state index is 10.1. The molecule has 12 heteroatoms. The molecule has 5 rings (SSSR count). The van der Waals surface area contributed by atoms with Crippen LogP contribution in [0.25, 0.3) is 11.4 Å². The lowest BCUT2D eigenvalue weighted by atomic mass is 10.1. The van der Waals surface area contributed by atoms with Crippen LogP contribution in [0.2, 0.25) is 5.02 Å². The summed E-state index contributed by atoms with van der Waals surface area (Å²) in [6, 6.07) is 5.28. The largest absolute Gasteiger partial charge is 0.491 e. The van der Waals surface area contributed by atoms with Crippen LogP contribution in [0.4, 0.5) is 11.8 Å². The smallest absolute Gasteiger partial charge is 0.225 e. The number of fused-ring (bicyclic) bond motifs is 1. The molecular weight excluding hydrogens is 563 g/mol. The molecule has 41 heavy (non-hydrogen) atoms. The fraction of sp³-hybridized carbons (Fsp3) is 0.414. The summed E-state index contributed by atoms with van der Waals surface area (Å²) in [6.07, 6.45) is 5.34. The third-order valence-electron chi connectivity index (χ3n) is 7.27. The third kappa shape index (κ3) is 6.10. The van der Waals surface area contributed by atoms with Crippen LogP contribution in [-0.4, -0.2) is 63.6 Å². The van der Waals surface area contributed by atoms with E-state index in [1.165, 1.54) is 6.20 Å². The molecule has 2 aromatic heterocycles. The molecule has 2 aliphatic heterocycles. The molecule has 1 fully saturated rings. The number of anilines is 2. The molecule has 0 bridgehead atoms. The van der Waals surface area contributed by atoms with Gasteiger partial charge in [0.15, 0.2) is 5.82 Å². The van der Waals surface area contributed by atoms with E-state index in [4.69, 9.17) is 48.6 Å². The van der Waals surface area contributed by atoms with E-state index in [0.717, 1.165) is 48.7 Å². The van der Waals surface area contributed by atoms with Crippen molar-refractivity contribution in [2.75, 3.05) is 36.5 Å². The minimum Gasteiger partial charge on any atom is -0.491 e. The van der Waals surface area contributed by atoms with E-state index in [9.17, 15) is 5.11 Å². The van der Waals surface area contributed by atoms with Gasteiger partial charge in [0.1, 0.15) is 23.9 Å². The van der Waals surface area contributed by atoms with Gasteiger partial charge in [0.25, 0.3) is 0 Å². The number of allylic oxidation sites excluding steroid dienone is 1. The number of nitrogens with two attached hydrogens (primary N) is 1. The minimum atomic E-state index is -0.553. The molecule has 3 aromatic rings. The zero-order valence-electron chi connectivity index (χ0n) is 23.4. The Labute approximate surface area is 249 Å². The monoisotopic (exact) mass is 596 g/mol. The van der Waals surface area contributed by atoms with E-state index in [2.05, 4.69) is 19.8 Å². The highest BCUT2D eigenvalue weighted by Crippen LogP contribution is 2.36. The van der Waals surface area contributed by atoms with Gasteiger partial charge in [-0.25, -0.2) is 19.9 Å². The highest BCUT2D eigenvalue weighted by Gasteiger charge is 2.29. The first-order valence-electron chi connectivity index (χ1n) is 13.7. The van der Waals surface area contributed by atoms with Crippen LogP contribution < -0.4 is 20.3 Å². The topological polar surface area (TPSA) is 126 Å². The summed E-state index contributed by atoms with van der Waals surface area (Å²) in [5.41, 5.74) is 10.2. The average molecular weight is 598 g/mol. The zero-order chi connectivity index (χ0) is 29.1. The highest BCUT2D eigenvalue weighted by molar-refractivity contribution is 6.46. The fourth-order valence-electron chi connectivity index (χ4n) is 4.90. The average Bonchev–Trinajstić information content (AvgIpc) is 3.36. The van der Waals surface area contributed by atoms with Gasteiger partial charge >= 0.3 is 0 Å².